The molecule has 0 spiro atoms. The summed E-state index contributed by atoms with van der Waals surface area (Å²) < 4.78 is 30.0. The molecule has 1 aliphatic heterocycles. The van der Waals surface area contributed by atoms with E-state index in [0.717, 1.165) is 27.7 Å². The van der Waals surface area contributed by atoms with E-state index in [2.05, 4.69) is 5.32 Å². The van der Waals surface area contributed by atoms with Crippen LogP contribution in [-0.4, -0.2) is 24.4 Å². The molecule has 0 bridgehead atoms. The third-order valence-corrected chi connectivity index (χ3v) is 7.79. The van der Waals surface area contributed by atoms with Crippen molar-refractivity contribution in [2.24, 2.45) is 0 Å². The van der Waals surface area contributed by atoms with Gasteiger partial charge in [0.1, 0.15) is 6.61 Å². The Morgan fingerprint density at radius 3 is 1.67 bits per heavy atom. The quantitative estimate of drug-likeness (QED) is 0.150. The van der Waals surface area contributed by atoms with E-state index in [1.165, 1.54) is 0 Å². The van der Waals surface area contributed by atoms with E-state index in [9.17, 15) is 4.79 Å². The maximum atomic E-state index is 12.5. The van der Waals surface area contributed by atoms with Crippen LogP contribution in [0.4, 0.5) is 10.5 Å². The number of nitrogens with one attached hydrogen (secondary N) is 1. The monoisotopic (exact) mass is 579 g/mol. The Bertz CT molecular complexity index is 1400. The van der Waals surface area contributed by atoms with Gasteiger partial charge in [0.15, 0.2) is 6.29 Å². The smallest absolute Gasteiger partial charge is 0.444 e. The highest BCUT2D eigenvalue weighted by Crippen LogP contribution is 2.36. The Labute approximate surface area is 254 Å². The fourth-order valence-corrected chi connectivity index (χ4v) is 4.51. The number of carbonyl (C=O) groups excluding carboxylic acids is 1. The number of anilines is 1. The van der Waals surface area contributed by atoms with Crippen molar-refractivity contribution in [3.8, 4) is 0 Å². The van der Waals surface area contributed by atoms with Crippen molar-refractivity contribution in [3.63, 3.8) is 0 Å². The molecule has 1 N–H and O–H groups in total. The molecule has 0 atom stereocenters. The second kappa shape index (κ2) is 13.6. The summed E-state index contributed by atoms with van der Waals surface area (Å²) in [5.41, 5.74) is 4.54. The van der Waals surface area contributed by atoms with Crippen LogP contribution in [0.15, 0.2) is 109 Å². The first kappa shape index (κ1) is 30.5. The molecule has 0 unspecified atom stereocenters. The van der Waals surface area contributed by atoms with Gasteiger partial charge < -0.3 is 23.5 Å². The summed E-state index contributed by atoms with van der Waals surface area (Å²) in [6.07, 6.45) is -1.12. The molecule has 222 valence electrons. The molecule has 4 aromatic rings. The number of amides is 1. The number of carbonyl (C=O) groups is 1. The highest BCUT2D eigenvalue weighted by atomic mass is 16.7. The van der Waals surface area contributed by atoms with Crippen molar-refractivity contribution in [3.05, 3.63) is 131 Å². The summed E-state index contributed by atoms with van der Waals surface area (Å²) in [5.74, 6) is 0. The van der Waals surface area contributed by atoms with Crippen molar-refractivity contribution in [2.45, 2.75) is 65.0 Å². The van der Waals surface area contributed by atoms with Gasteiger partial charge in [0.25, 0.3) is 0 Å². The van der Waals surface area contributed by atoms with Crippen LogP contribution in [0, 0.1) is 0 Å². The van der Waals surface area contributed by atoms with Gasteiger partial charge in [0.2, 0.25) is 0 Å². The first-order valence-corrected chi connectivity index (χ1v) is 14.5. The van der Waals surface area contributed by atoms with Crippen molar-refractivity contribution in [1.29, 1.82) is 0 Å². The molecule has 0 aliphatic carbocycles. The summed E-state index contributed by atoms with van der Waals surface area (Å²) in [5, 5.41) is 2.79. The molecule has 43 heavy (non-hydrogen) atoms. The van der Waals surface area contributed by atoms with Crippen LogP contribution < -0.4 is 10.8 Å². The summed E-state index contributed by atoms with van der Waals surface area (Å²) in [7, 11) is -0.432. The first-order valence-electron chi connectivity index (χ1n) is 14.5. The van der Waals surface area contributed by atoms with Crippen LogP contribution >= 0.6 is 0 Å². The topological polar surface area (TPSA) is 75.3 Å². The summed E-state index contributed by atoms with van der Waals surface area (Å²) >= 11 is 0. The number of rotatable bonds is 11. The fraction of sp³-hybridized carbons (Fsp3) is 0.286. The molecule has 5 rings (SSSR count). The molecule has 0 saturated carbocycles. The molecule has 1 aliphatic rings. The highest BCUT2D eigenvalue weighted by Gasteiger charge is 2.51. The number of hydrogen-bond acceptors (Lipinski definition) is 6. The maximum absolute atomic E-state index is 12.5. The third-order valence-electron chi connectivity index (χ3n) is 7.79. The van der Waals surface area contributed by atoms with E-state index >= 15 is 0 Å². The van der Waals surface area contributed by atoms with Crippen LogP contribution in [-0.2, 0) is 43.3 Å². The van der Waals surface area contributed by atoms with E-state index < -0.39 is 30.7 Å². The minimum atomic E-state index is -0.582. The molecule has 8 heteroatoms. The zero-order chi connectivity index (χ0) is 30.3. The lowest BCUT2D eigenvalue weighted by Crippen LogP contribution is -2.41. The maximum Gasteiger partial charge on any atom is 0.494 e. The van der Waals surface area contributed by atoms with Crippen LogP contribution in [0.5, 0.6) is 0 Å². The van der Waals surface area contributed by atoms with Crippen molar-refractivity contribution >= 4 is 24.4 Å². The normalized spacial score (nSPS) is 15.4. The Morgan fingerprint density at radius 2 is 1.16 bits per heavy atom. The average Bonchev–Trinajstić information content (AvgIpc) is 3.24. The first-order chi connectivity index (χ1) is 20.7. The van der Waals surface area contributed by atoms with E-state index in [1.807, 2.05) is 125 Å². The second-order valence-corrected chi connectivity index (χ2v) is 11.6. The van der Waals surface area contributed by atoms with Crippen molar-refractivity contribution in [1.82, 2.24) is 0 Å². The van der Waals surface area contributed by atoms with Crippen molar-refractivity contribution < 1.29 is 28.3 Å². The van der Waals surface area contributed by atoms with Gasteiger partial charge in [-0.15, -0.1) is 0 Å². The minimum absolute atomic E-state index is 0.135. The minimum Gasteiger partial charge on any atom is -0.444 e. The van der Waals surface area contributed by atoms with Crippen molar-refractivity contribution in [2.75, 3.05) is 5.32 Å². The Hall–Kier alpha value is -3.95. The van der Waals surface area contributed by atoms with Gasteiger partial charge in [-0.05, 0) is 62.0 Å². The Balaban J connectivity index is 1.14. The second-order valence-electron chi connectivity index (χ2n) is 11.6. The van der Waals surface area contributed by atoms with E-state index in [4.69, 9.17) is 23.5 Å². The fourth-order valence-electron chi connectivity index (χ4n) is 4.51. The molecule has 0 radical (unpaired) electrons. The molecule has 1 heterocycles. The van der Waals surface area contributed by atoms with Gasteiger partial charge in [-0.1, -0.05) is 97.1 Å². The van der Waals surface area contributed by atoms with E-state index in [1.54, 1.807) is 12.1 Å². The zero-order valence-electron chi connectivity index (χ0n) is 25.1. The number of hydrogen-bond donors (Lipinski definition) is 1. The predicted octanol–water partition coefficient (Wildman–Crippen LogP) is 7.17. The summed E-state index contributed by atoms with van der Waals surface area (Å²) in [6.45, 7) is 9.06. The van der Waals surface area contributed by atoms with Gasteiger partial charge in [-0.2, -0.15) is 0 Å². The number of ether oxygens (including phenoxy) is 3. The van der Waals surface area contributed by atoms with Gasteiger partial charge in [0, 0.05) is 11.3 Å². The molecular formula is C35H38BNO6. The lowest BCUT2D eigenvalue weighted by molar-refractivity contribution is -0.161. The standard InChI is InChI=1S/C35H38BNO6/c1-34(2)35(3,4)43-36(42-34)30-19-15-28(16-20-30)25-41-33(38)37-31-21-17-29(18-22-31)32(39-23-26-11-7-5-8-12-26)40-24-27-13-9-6-10-14-27/h5-22,32H,23-25H2,1-4H3,(H,37,38). The molecular weight excluding hydrogens is 541 g/mol. The third kappa shape index (κ3) is 8.12. The molecule has 7 nitrogen and oxygen atoms in total. The lowest BCUT2D eigenvalue weighted by atomic mass is 9.79. The van der Waals surface area contributed by atoms with Crippen LogP contribution in [0.3, 0.4) is 0 Å². The van der Waals surface area contributed by atoms with Gasteiger partial charge in [-0.3, -0.25) is 5.32 Å². The van der Waals surface area contributed by atoms with Gasteiger partial charge in [-0.25, -0.2) is 4.79 Å². The molecule has 4 aromatic carbocycles. The molecule has 1 fully saturated rings. The largest absolute Gasteiger partial charge is 0.494 e. The lowest BCUT2D eigenvalue weighted by Gasteiger charge is -2.32. The van der Waals surface area contributed by atoms with Gasteiger partial charge >= 0.3 is 13.2 Å². The summed E-state index contributed by atoms with van der Waals surface area (Å²) in [6, 6.07) is 35.0. The van der Waals surface area contributed by atoms with E-state index in [0.29, 0.717) is 18.9 Å². The highest BCUT2D eigenvalue weighted by molar-refractivity contribution is 6.62. The van der Waals surface area contributed by atoms with Crippen LogP contribution in [0.25, 0.3) is 0 Å². The molecule has 0 aromatic heterocycles. The van der Waals surface area contributed by atoms with Crippen LogP contribution in [0.1, 0.15) is 56.2 Å². The Morgan fingerprint density at radius 1 is 0.674 bits per heavy atom. The summed E-state index contributed by atoms with van der Waals surface area (Å²) in [4.78, 5) is 12.5. The zero-order valence-corrected chi connectivity index (χ0v) is 25.1. The SMILES string of the molecule is CC1(C)OB(c2ccc(COC(=O)Nc3ccc(C(OCc4ccccc4)OCc4ccccc4)cc3)cc2)OC1(C)C. The number of benzene rings is 4. The molecule has 1 amide bonds. The predicted molar refractivity (Wildman–Crippen MR) is 168 cm³/mol. The van der Waals surface area contributed by atoms with E-state index in [-0.39, 0.29) is 6.61 Å². The van der Waals surface area contributed by atoms with Crippen LogP contribution in [0.2, 0.25) is 0 Å². The average molecular weight is 580 g/mol. The van der Waals surface area contributed by atoms with Gasteiger partial charge in [0.05, 0.1) is 24.4 Å². The molecule has 1 saturated heterocycles. The Kier molecular flexibility index (Phi) is 9.63.